The molecule has 1 amide bonds. The lowest BCUT2D eigenvalue weighted by Crippen LogP contribution is -2.13. The van der Waals surface area contributed by atoms with E-state index >= 15 is 0 Å². The molecule has 0 saturated carbocycles. The fourth-order valence-corrected chi connectivity index (χ4v) is 1.78. The van der Waals surface area contributed by atoms with Crippen molar-refractivity contribution in [3.05, 3.63) is 52.1 Å². The molecule has 2 rings (SSSR count). The molecular weight excluding hydrogens is 322 g/mol. The summed E-state index contributed by atoms with van der Waals surface area (Å²) in [6, 6.07) is 5.02. The van der Waals surface area contributed by atoms with Crippen molar-refractivity contribution in [1.29, 1.82) is 0 Å². The number of benzene rings is 1. The third kappa shape index (κ3) is 2.87. The molecule has 7 heteroatoms. The second-order valence-corrected chi connectivity index (χ2v) is 4.44. The monoisotopic (exact) mass is 328 g/mol. The molecule has 1 aromatic carbocycles. The summed E-state index contributed by atoms with van der Waals surface area (Å²) in [5.74, 6) is -3.62. The first kappa shape index (κ1) is 13.4. The van der Waals surface area contributed by atoms with E-state index in [1.54, 1.807) is 0 Å². The van der Waals surface area contributed by atoms with E-state index in [1.807, 2.05) is 0 Å². The maximum atomic E-state index is 13.5. The number of nitrogens with two attached hydrogens (primary N) is 1. The van der Waals surface area contributed by atoms with Gasteiger partial charge in [0.2, 0.25) is 11.7 Å². The number of hydrogen-bond donors (Lipinski definition) is 1. The highest BCUT2D eigenvalue weighted by Gasteiger charge is 2.16. The first-order chi connectivity index (χ1) is 8.99. The van der Waals surface area contributed by atoms with Crippen LogP contribution in [0.25, 0.3) is 0 Å². The van der Waals surface area contributed by atoms with Gasteiger partial charge >= 0.3 is 0 Å². The summed E-state index contributed by atoms with van der Waals surface area (Å²) in [7, 11) is 0. The number of pyridine rings is 1. The molecule has 19 heavy (non-hydrogen) atoms. The molecule has 0 atom stereocenters. The Morgan fingerprint density at radius 2 is 2.11 bits per heavy atom. The second-order valence-electron chi connectivity index (χ2n) is 3.52. The van der Waals surface area contributed by atoms with Gasteiger partial charge in [0.25, 0.3) is 5.91 Å². The van der Waals surface area contributed by atoms with E-state index in [1.165, 1.54) is 24.4 Å². The van der Waals surface area contributed by atoms with Gasteiger partial charge in [-0.15, -0.1) is 0 Å². The van der Waals surface area contributed by atoms with Crippen molar-refractivity contribution in [2.24, 2.45) is 5.73 Å². The average Bonchev–Trinajstić information content (AvgIpc) is 2.35. The summed E-state index contributed by atoms with van der Waals surface area (Å²) in [6.45, 7) is 0. The van der Waals surface area contributed by atoms with Gasteiger partial charge in [-0.2, -0.15) is 4.39 Å². The van der Waals surface area contributed by atoms with Gasteiger partial charge in [0.1, 0.15) is 5.56 Å². The van der Waals surface area contributed by atoms with Gasteiger partial charge in [-0.05, 0) is 24.3 Å². The largest absolute Gasteiger partial charge is 0.435 e. The Morgan fingerprint density at radius 1 is 1.37 bits per heavy atom. The van der Waals surface area contributed by atoms with Gasteiger partial charge < -0.3 is 10.5 Å². The van der Waals surface area contributed by atoms with Crippen LogP contribution in [0.1, 0.15) is 10.4 Å². The molecule has 0 radical (unpaired) electrons. The number of amides is 1. The minimum Gasteiger partial charge on any atom is -0.435 e. The Morgan fingerprint density at radius 3 is 2.79 bits per heavy atom. The van der Waals surface area contributed by atoms with Crippen molar-refractivity contribution in [2.75, 3.05) is 0 Å². The van der Waals surface area contributed by atoms with Crippen LogP contribution in [0, 0.1) is 11.6 Å². The van der Waals surface area contributed by atoms with Crippen molar-refractivity contribution >= 4 is 21.8 Å². The molecule has 0 aliphatic rings. The lowest BCUT2D eigenvalue weighted by Gasteiger charge is -2.09. The number of rotatable bonds is 3. The highest BCUT2D eigenvalue weighted by Crippen LogP contribution is 2.30. The molecule has 0 aliphatic carbocycles. The summed E-state index contributed by atoms with van der Waals surface area (Å²) in [6.07, 6.45) is 1.34. The normalized spacial score (nSPS) is 10.3. The van der Waals surface area contributed by atoms with E-state index in [4.69, 9.17) is 10.5 Å². The summed E-state index contributed by atoms with van der Waals surface area (Å²) in [5.41, 5.74) is 5.10. The molecule has 1 aromatic heterocycles. The van der Waals surface area contributed by atoms with Crippen molar-refractivity contribution in [1.82, 2.24) is 4.98 Å². The second kappa shape index (κ2) is 5.31. The van der Waals surface area contributed by atoms with Gasteiger partial charge in [0.05, 0.1) is 0 Å². The lowest BCUT2D eigenvalue weighted by molar-refractivity contribution is 0.0997. The molecule has 0 bridgehead atoms. The first-order valence-electron chi connectivity index (χ1n) is 5.06. The molecule has 2 aromatic rings. The summed E-state index contributed by atoms with van der Waals surface area (Å²) < 4.78 is 32.1. The van der Waals surface area contributed by atoms with Gasteiger partial charge in [0.15, 0.2) is 11.6 Å². The predicted molar refractivity (Wildman–Crippen MR) is 66.9 cm³/mol. The number of carbonyl (C=O) groups excluding carboxylic acids is 1. The Balaban J connectivity index is 2.45. The topological polar surface area (TPSA) is 65.2 Å². The van der Waals surface area contributed by atoms with Crippen LogP contribution in [0.4, 0.5) is 8.78 Å². The van der Waals surface area contributed by atoms with Crippen molar-refractivity contribution in [3.8, 4) is 11.6 Å². The van der Waals surface area contributed by atoms with Crippen molar-refractivity contribution in [2.45, 2.75) is 0 Å². The SMILES string of the molecule is NC(=O)c1cccnc1Oc1cc(Br)cc(F)c1F. The number of hydrogen-bond acceptors (Lipinski definition) is 3. The summed E-state index contributed by atoms with van der Waals surface area (Å²) >= 11 is 3.01. The van der Waals surface area contributed by atoms with Crippen LogP contribution >= 0.6 is 15.9 Å². The predicted octanol–water partition coefficient (Wildman–Crippen LogP) is 3.01. The van der Waals surface area contributed by atoms with Gasteiger partial charge in [-0.25, -0.2) is 9.37 Å². The summed E-state index contributed by atoms with van der Waals surface area (Å²) in [5, 5.41) is 0. The molecular formula is C12H7BrF2N2O2. The molecule has 0 spiro atoms. The lowest BCUT2D eigenvalue weighted by atomic mass is 10.2. The Kier molecular flexibility index (Phi) is 3.75. The van der Waals surface area contributed by atoms with Gasteiger partial charge in [-0.1, -0.05) is 15.9 Å². The molecule has 1 heterocycles. The van der Waals surface area contributed by atoms with Crippen LogP contribution in [0.5, 0.6) is 11.6 Å². The smallest absolute Gasteiger partial charge is 0.254 e. The molecule has 0 saturated heterocycles. The standard InChI is InChI=1S/C12H7BrF2N2O2/c13-6-4-8(14)10(15)9(5-6)19-12-7(11(16)18)2-1-3-17-12/h1-5H,(H2,16,18). The molecule has 0 fully saturated rings. The third-order valence-electron chi connectivity index (χ3n) is 2.20. The van der Waals surface area contributed by atoms with Crippen LogP contribution in [-0.2, 0) is 0 Å². The van der Waals surface area contributed by atoms with E-state index in [9.17, 15) is 13.6 Å². The van der Waals surface area contributed by atoms with Crippen LogP contribution in [0.3, 0.4) is 0 Å². The van der Waals surface area contributed by atoms with E-state index in [0.29, 0.717) is 0 Å². The van der Waals surface area contributed by atoms with Crippen LogP contribution < -0.4 is 10.5 Å². The van der Waals surface area contributed by atoms with Crippen LogP contribution in [0.2, 0.25) is 0 Å². The summed E-state index contributed by atoms with van der Waals surface area (Å²) in [4.78, 5) is 14.9. The fourth-order valence-electron chi connectivity index (χ4n) is 1.37. The average molecular weight is 329 g/mol. The van der Waals surface area contributed by atoms with Crippen LogP contribution in [-0.4, -0.2) is 10.9 Å². The molecule has 2 N–H and O–H groups in total. The van der Waals surface area contributed by atoms with Crippen molar-refractivity contribution < 1.29 is 18.3 Å². The van der Waals surface area contributed by atoms with Gasteiger partial charge in [-0.3, -0.25) is 4.79 Å². The zero-order chi connectivity index (χ0) is 14.0. The number of aromatic nitrogens is 1. The first-order valence-corrected chi connectivity index (χ1v) is 5.85. The van der Waals surface area contributed by atoms with E-state index in [0.717, 1.165) is 6.07 Å². The zero-order valence-electron chi connectivity index (χ0n) is 9.36. The third-order valence-corrected chi connectivity index (χ3v) is 2.66. The molecule has 98 valence electrons. The van der Waals surface area contributed by atoms with Crippen molar-refractivity contribution in [3.63, 3.8) is 0 Å². The molecule has 4 nitrogen and oxygen atoms in total. The molecule has 0 aliphatic heterocycles. The maximum absolute atomic E-state index is 13.5. The number of carbonyl (C=O) groups is 1. The van der Waals surface area contributed by atoms with Gasteiger partial charge in [0, 0.05) is 10.7 Å². The highest BCUT2D eigenvalue weighted by molar-refractivity contribution is 9.10. The van der Waals surface area contributed by atoms with E-state index in [-0.39, 0.29) is 15.9 Å². The number of nitrogens with zero attached hydrogens (tertiary/aromatic N) is 1. The number of ether oxygens (including phenoxy) is 1. The van der Waals surface area contributed by atoms with Crippen LogP contribution in [0.15, 0.2) is 34.9 Å². The zero-order valence-corrected chi connectivity index (χ0v) is 10.9. The molecule has 0 unspecified atom stereocenters. The van der Waals surface area contributed by atoms with E-state index in [2.05, 4.69) is 20.9 Å². The quantitative estimate of drug-likeness (QED) is 0.881. The Bertz CT molecular complexity index is 650. The minimum absolute atomic E-state index is 0.0257. The number of primary amides is 1. The Labute approximate surface area is 115 Å². The Hall–Kier alpha value is -2.02. The minimum atomic E-state index is -1.18. The highest BCUT2D eigenvalue weighted by atomic mass is 79.9. The fraction of sp³-hybridized carbons (Fsp3) is 0. The maximum Gasteiger partial charge on any atom is 0.254 e. The number of halogens is 3. The van der Waals surface area contributed by atoms with E-state index < -0.39 is 23.3 Å².